The van der Waals surface area contributed by atoms with Gasteiger partial charge in [0.1, 0.15) is 0 Å². The van der Waals surface area contributed by atoms with Crippen LogP contribution >= 0.6 is 11.6 Å². The molecule has 0 atom stereocenters. The smallest absolute Gasteiger partial charge is 0.0865 e. The molecule has 0 amide bonds. The Bertz CT molecular complexity index is 443. The summed E-state index contributed by atoms with van der Waals surface area (Å²) in [6.07, 6.45) is 4.05. The van der Waals surface area contributed by atoms with Crippen molar-refractivity contribution in [2.45, 2.75) is 26.9 Å². The van der Waals surface area contributed by atoms with Crippen LogP contribution in [0.2, 0.25) is 5.02 Å². The lowest BCUT2D eigenvalue weighted by Gasteiger charge is -2.06. The Kier molecular flexibility index (Phi) is 2.82. The molecule has 4 heteroatoms. The first-order valence-electron chi connectivity index (χ1n) is 5.05. The van der Waals surface area contributed by atoms with Crippen molar-refractivity contribution in [1.82, 2.24) is 14.3 Å². The van der Waals surface area contributed by atoms with Crippen molar-refractivity contribution < 1.29 is 0 Å². The number of rotatable bonds is 3. The third-order valence-electron chi connectivity index (χ3n) is 2.45. The molecule has 2 aromatic heterocycles. The summed E-state index contributed by atoms with van der Waals surface area (Å²) in [4.78, 5) is 0. The van der Waals surface area contributed by atoms with Crippen LogP contribution in [0.1, 0.15) is 18.3 Å². The van der Waals surface area contributed by atoms with Crippen LogP contribution < -0.4 is 0 Å². The quantitative estimate of drug-likeness (QED) is 0.785. The van der Waals surface area contributed by atoms with E-state index in [0.29, 0.717) is 0 Å². The number of aromatic nitrogens is 3. The predicted octanol–water partition coefficient (Wildman–Crippen LogP) is 2.71. The molecule has 0 unspecified atom stereocenters. The number of hydrogen-bond acceptors (Lipinski definition) is 1. The molecule has 0 N–H and O–H groups in total. The molecule has 0 aliphatic carbocycles. The van der Waals surface area contributed by atoms with Gasteiger partial charge in [0.05, 0.1) is 23.0 Å². The first kappa shape index (κ1) is 10.3. The lowest BCUT2D eigenvalue weighted by atomic mass is 10.3. The van der Waals surface area contributed by atoms with E-state index in [0.717, 1.165) is 29.5 Å². The molecule has 0 bridgehead atoms. The predicted molar refractivity (Wildman–Crippen MR) is 61.2 cm³/mol. The van der Waals surface area contributed by atoms with Gasteiger partial charge in [-0.3, -0.25) is 4.68 Å². The number of aryl methyl sites for hydroxylation is 2. The Balaban J connectivity index is 2.34. The summed E-state index contributed by atoms with van der Waals surface area (Å²) in [7, 11) is 0. The minimum atomic E-state index is 0.778. The Morgan fingerprint density at radius 1 is 1.33 bits per heavy atom. The van der Waals surface area contributed by atoms with Gasteiger partial charge in [-0.2, -0.15) is 5.10 Å². The van der Waals surface area contributed by atoms with Crippen molar-refractivity contribution in [3.05, 3.63) is 40.9 Å². The molecule has 2 aromatic rings. The van der Waals surface area contributed by atoms with Crippen molar-refractivity contribution in [2.24, 2.45) is 0 Å². The van der Waals surface area contributed by atoms with Gasteiger partial charge >= 0.3 is 0 Å². The van der Waals surface area contributed by atoms with Crippen molar-refractivity contribution in [3.8, 4) is 0 Å². The van der Waals surface area contributed by atoms with Crippen LogP contribution in [0.4, 0.5) is 0 Å². The van der Waals surface area contributed by atoms with E-state index >= 15 is 0 Å². The standard InChI is InChI=1S/C11H14ClN3/c1-3-15-10(11(12)9(2)13-15)8-14-6-4-5-7-14/h4-7H,3,8H2,1-2H3. The molecule has 0 aliphatic rings. The number of halogens is 1. The molecular weight excluding hydrogens is 210 g/mol. The van der Waals surface area contributed by atoms with Crippen LogP contribution in [-0.4, -0.2) is 14.3 Å². The second kappa shape index (κ2) is 4.11. The Hall–Kier alpha value is -1.22. The van der Waals surface area contributed by atoms with E-state index in [9.17, 15) is 0 Å². The van der Waals surface area contributed by atoms with Crippen LogP contribution in [0.25, 0.3) is 0 Å². The first-order valence-corrected chi connectivity index (χ1v) is 5.42. The molecule has 80 valence electrons. The van der Waals surface area contributed by atoms with Crippen LogP contribution in [0.15, 0.2) is 24.5 Å². The second-order valence-corrected chi connectivity index (χ2v) is 3.90. The Labute approximate surface area is 94.3 Å². The maximum atomic E-state index is 6.21. The summed E-state index contributed by atoms with van der Waals surface area (Å²) in [5.74, 6) is 0. The summed E-state index contributed by atoms with van der Waals surface area (Å²) in [6, 6.07) is 4.01. The second-order valence-electron chi connectivity index (χ2n) is 3.52. The highest BCUT2D eigenvalue weighted by molar-refractivity contribution is 6.31. The van der Waals surface area contributed by atoms with Gasteiger partial charge in [0, 0.05) is 18.9 Å². The zero-order valence-corrected chi connectivity index (χ0v) is 9.70. The third-order valence-corrected chi connectivity index (χ3v) is 2.94. The van der Waals surface area contributed by atoms with Crippen molar-refractivity contribution in [2.75, 3.05) is 0 Å². The van der Waals surface area contributed by atoms with Crippen molar-refractivity contribution in [3.63, 3.8) is 0 Å². The minimum absolute atomic E-state index is 0.778. The van der Waals surface area contributed by atoms with Crippen molar-refractivity contribution >= 4 is 11.6 Å². The van der Waals surface area contributed by atoms with Crippen LogP contribution in [0.5, 0.6) is 0 Å². The molecule has 0 radical (unpaired) electrons. The van der Waals surface area contributed by atoms with E-state index in [2.05, 4.69) is 16.6 Å². The molecule has 0 saturated heterocycles. The largest absolute Gasteiger partial charge is 0.348 e. The fraction of sp³-hybridized carbons (Fsp3) is 0.364. The van der Waals surface area contributed by atoms with E-state index in [1.165, 1.54) is 0 Å². The summed E-state index contributed by atoms with van der Waals surface area (Å²) >= 11 is 6.21. The third kappa shape index (κ3) is 1.92. The van der Waals surface area contributed by atoms with E-state index in [1.807, 2.05) is 36.1 Å². The number of hydrogen-bond donors (Lipinski definition) is 0. The fourth-order valence-corrected chi connectivity index (χ4v) is 1.86. The SMILES string of the molecule is CCn1nc(C)c(Cl)c1Cn1cccc1. The van der Waals surface area contributed by atoms with Crippen molar-refractivity contribution in [1.29, 1.82) is 0 Å². The van der Waals surface area contributed by atoms with Crippen LogP contribution in [0, 0.1) is 6.92 Å². The molecule has 0 aliphatic heterocycles. The normalized spacial score (nSPS) is 10.9. The van der Waals surface area contributed by atoms with Crippen LogP contribution in [-0.2, 0) is 13.1 Å². The molecule has 2 heterocycles. The zero-order valence-electron chi connectivity index (χ0n) is 8.94. The monoisotopic (exact) mass is 223 g/mol. The Morgan fingerprint density at radius 3 is 2.60 bits per heavy atom. The Morgan fingerprint density at radius 2 is 2.00 bits per heavy atom. The van der Waals surface area contributed by atoms with E-state index in [-0.39, 0.29) is 0 Å². The average Bonchev–Trinajstić information content (AvgIpc) is 2.82. The summed E-state index contributed by atoms with van der Waals surface area (Å²) in [5, 5.41) is 5.16. The molecule has 0 spiro atoms. The molecule has 0 saturated carbocycles. The highest BCUT2D eigenvalue weighted by Crippen LogP contribution is 2.21. The maximum absolute atomic E-state index is 6.21. The average molecular weight is 224 g/mol. The van der Waals surface area contributed by atoms with Gasteiger partial charge in [-0.15, -0.1) is 0 Å². The molecule has 0 fully saturated rings. The first-order chi connectivity index (χ1) is 7.22. The maximum Gasteiger partial charge on any atom is 0.0865 e. The molecule has 0 aromatic carbocycles. The van der Waals surface area contributed by atoms with Gasteiger partial charge in [-0.25, -0.2) is 0 Å². The van der Waals surface area contributed by atoms with Gasteiger partial charge in [-0.1, -0.05) is 11.6 Å². The summed E-state index contributed by atoms with van der Waals surface area (Å²) in [6.45, 7) is 5.64. The summed E-state index contributed by atoms with van der Waals surface area (Å²) in [5.41, 5.74) is 1.98. The fourth-order valence-electron chi connectivity index (χ4n) is 1.67. The minimum Gasteiger partial charge on any atom is -0.348 e. The highest BCUT2D eigenvalue weighted by atomic mass is 35.5. The van der Waals surface area contributed by atoms with Crippen LogP contribution in [0.3, 0.4) is 0 Å². The van der Waals surface area contributed by atoms with E-state index < -0.39 is 0 Å². The van der Waals surface area contributed by atoms with E-state index in [4.69, 9.17) is 11.6 Å². The van der Waals surface area contributed by atoms with Gasteiger partial charge in [0.15, 0.2) is 0 Å². The van der Waals surface area contributed by atoms with Gasteiger partial charge in [0.2, 0.25) is 0 Å². The van der Waals surface area contributed by atoms with Gasteiger partial charge in [0.25, 0.3) is 0 Å². The topological polar surface area (TPSA) is 22.8 Å². The lowest BCUT2D eigenvalue weighted by molar-refractivity contribution is 0.598. The zero-order chi connectivity index (χ0) is 10.8. The molecule has 3 nitrogen and oxygen atoms in total. The van der Waals surface area contributed by atoms with Gasteiger partial charge < -0.3 is 4.57 Å². The highest BCUT2D eigenvalue weighted by Gasteiger charge is 2.12. The summed E-state index contributed by atoms with van der Waals surface area (Å²) < 4.78 is 4.05. The van der Waals surface area contributed by atoms with E-state index in [1.54, 1.807) is 0 Å². The van der Waals surface area contributed by atoms with Gasteiger partial charge in [-0.05, 0) is 26.0 Å². The molecule has 15 heavy (non-hydrogen) atoms. The molecule has 2 rings (SSSR count). The lowest BCUT2D eigenvalue weighted by Crippen LogP contribution is -2.06. The number of nitrogens with zero attached hydrogens (tertiary/aromatic N) is 3. The molecular formula is C11H14ClN3.